The fraction of sp³-hybridized carbons (Fsp3) is 0.409. The lowest BCUT2D eigenvalue weighted by Crippen LogP contribution is -2.44. The number of ether oxygens (including phenoxy) is 1. The number of nitrogens with one attached hydrogen (secondary N) is 1. The third-order valence-corrected chi connectivity index (χ3v) is 6.21. The SMILES string of the molecule is COc1ccc(CSCC(=O)N2CCCC(C(=O)Nc3cccc(C)n3)C2)cc1[N+](=O)[O-]. The van der Waals surface area contributed by atoms with E-state index in [-0.39, 0.29) is 34.9 Å². The number of benzene rings is 1. The van der Waals surface area contributed by atoms with Crippen LogP contribution in [0.3, 0.4) is 0 Å². The van der Waals surface area contributed by atoms with Crippen LogP contribution in [0.5, 0.6) is 5.75 Å². The van der Waals surface area contributed by atoms with E-state index in [2.05, 4.69) is 10.3 Å². The molecular weight excluding hydrogens is 432 g/mol. The molecule has 1 fully saturated rings. The lowest BCUT2D eigenvalue weighted by molar-refractivity contribution is -0.385. The number of likely N-dealkylation sites (tertiary alicyclic amines) is 1. The van der Waals surface area contributed by atoms with Crippen molar-refractivity contribution in [1.29, 1.82) is 0 Å². The molecule has 1 atom stereocenters. The Kier molecular flexibility index (Phi) is 8.04. The van der Waals surface area contributed by atoms with Gasteiger partial charge in [-0.1, -0.05) is 12.1 Å². The average Bonchev–Trinajstić information content (AvgIpc) is 2.79. The first-order chi connectivity index (χ1) is 15.4. The number of anilines is 1. The smallest absolute Gasteiger partial charge is 0.311 e. The number of aryl methyl sites for hydroxylation is 1. The number of nitrogens with zero attached hydrogens (tertiary/aromatic N) is 3. The number of piperidine rings is 1. The van der Waals surface area contributed by atoms with Crippen molar-refractivity contribution < 1.29 is 19.2 Å². The van der Waals surface area contributed by atoms with Gasteiger partial charge in [0.25, 0.3) is 0 Å². The Bertz CT molecular complexity index is 1000. The number of amides is 2. The molecule has 2 heterocycles. The minimum absolute atomic E-state index is 0.0378. The van der Waals surface area contributed by atoms with E-state index < -0.39 is 4.92 Å². The van der Waals surface area contributed by atoms with Gasteiger partial charge in [-0.25, -0.2) is 4.98 Å². The van der Waals surface area contributed by atoms with Crippen molar-refractivity contribution in [2.75, 3.05) is 31.3 Å². The highest BCUT2D eigenvalue weighted by Gasteiger charge is 2.28. The Morgan fingerprint density at radius 1 is 1.34 bits per heavy atom. The maximum absolute atomic E-state index is 12.7. The molecule has 170 valence electrons. The van der Waals surface area contributed by atoms with Crippen molar-refractivity contribution in [3.05, 3.63) is 57.8 Å². The monoisotopic (exact) mass is 458 g/mol. The van der Waals surface area contributed by atoms with Crippen LogP contribution in [-0.4, -0.2) is 52.6 Å². The zero-order chi connectivity index (χ0) is 23.1. The number of nitro groups is 1. The van der Waals surface area contributed by atoms with Crippen LogP contribution in [0.15, 0.2) is 36.4 Å². The molecule has 1 aromatic carbocycles. The average molecular weight is 459 g/mol. The first kappa shape index (κ1) is 23.5. The second-order valence-corrected chi connectivity index (χ2v) is 8.57. The Balaban J connectivity index is 1.50. The summed E-state index contributed by atoms with van der Waals surface area (Å²) in [5, 5.41) is 14.0. The Morgan fingerprint density at radius 3 is 2.88 bits per heavy atom. The van der Waals surface area contributed by atoms with Gasteiger partial charge in [-0.2, -0.15) is 0 Å². The standard InChI is InChI=1S/C22H26N4O5S/c1-15-5-3-7-20(23-15)24-22(28)17-6-4-10-25(12-17)21(27)14-32-13-16-8-9-19(31-2)18(11-16)26(29)30/h3,5,7-9,11,17H,4,6,10,12-14H2,1-2H3,(H,23,24,28). The maximum Gasteiger partial charge on any atom is 0.311 e. The van der Waals surface area contributed by atoms with Crippen LogP contribution in [-0.2, 0) is 15.3 Å². The number of carbonyl (C=O) groups is 2. The van der Waals surface area contributed by atoms with Crippen molar-refractivity contribution in [3.8, 4) is 5.75 Å². The molecule has 1 aromatic heterocycles. The van der Waals surface area contributed by atoms with Gasteiger partial charge in [-0.15, -0.1) is 11.8 Å². The highest BCUT2D eigenvalue weighted by atomic mass is 32.2. The van der Waals surface area contributed by atoms with E-state index in [9.17, 15) is 19.7 Å². The largest absolute Gasteiger partial charge is 0.490 e. The molecule has 0 aliphatic carbocycles. The number of hydrogen-bond acceptors (Lipinski definition) is 7. The second-order valence-electron chi connectivity index (χ2n) is 7.59. The molecule has 1 aliphatic rings. The second kappa shape index (κ2) is 10.9. The topological polar surface area (TPSA) is 115 Å². The Morgan fingerprint density at radius 2 is 2.16 bits per heavy atom. The van der Waals surface area contributed by atoms with Gasteiger partial charge in [0.15, 0.2) is 5.75 Å². The van der Waals surface area contributed by atoms with Gasteiger partial charge in [0.1, 0.15) is 5.82 Å². The minimum Gasteiger partial charge on any atom is -0.490 e. The summed E-state index contributed by atoms with van der Waals surface area (Å²) in [7, 11) is 1.39. The molecule has 3 rings (SSSR count). The van der Waals surface area contributed by atoms with Gasteiger partial charge in [0, 0.05) is 30.6 Å². The molecule has 0 radical (unpaired) electrons. The van der Waals surface area contributed by atoms with Gasteiger partial charge < -0.3 is 15.0 Å². The molecule has 32 heavy (non-hydrogen) atoms. The van der Waals surface area contributed by atoms with Gasteiger partial charge in [-0.3, -0.25) is 19.7 Å². The molecule has 1 unspecified atom stereocenters. The molecular formula is C22H26N4O5S. The van der Waals surface area contributed by atoms with Gasteiger partial charge in [0.2, 0.25) is 11.8 Å². The molecule has 0 spiro atoms. The summed E-state index contributed by atoms with van der Waals surface area (Å²) in [5.74, 6) is 0.995. The van der Waals surface area contributed by atoms with Crippen LogP contribution >= 0.6 is 11.8 Å². The highest BCUT2D eigenvalue weighted by molar-refractivity contribution is 7.99. The number of pyridine rings is 1. The molecule has 1 N–H and O–H groups in total. The van der Waals surface area contributed by atoms with Gasteiger partial charge in [-0.05, 0) is 43.5 Å². The molecule has 9 nitrogen and oxygen atoms in total. The number of methoxy groups -OCH3 is 1. The third kappa shape index (κ3) is 6.19. The van der Waals surface area contributed by atoms with E-state index >= 15 is 0 Å². The molecule has 0 saturated carbocycles. The van der Waals surface area contributed by atoms with Gasteiger partial charge >= 0.3 is 5.69 Å². The highest BCUT2D eigenvalue weighted by Crippen LogP contribution is 2.29. The zero-order valence-electron chi connectivity index (χ0n) is 18.1. The number of hydrogen-bond donors (Lipinski definition) is 1. The summed E-state index contributed by atoms with van der Waals surface area (Å²) in [6.45, 7) is 2.86. The fourth-order valence-electron chi connectivity index (χ4n) is 3.57. The molecule has 2 amide bonds. The van der Waals surface area contributed by atoms with E-state index in [0.717, 1.165) is 24.1 Å². The maximum atomic E-state index is 12.7. The fourth-order valence-corrected chi connectivity index (χ4v) is 4.45. The van der Waals surface area contributed by atoms with Gasteiger partial charge in [0.05, 0.1) is 23.7 Å². The first-order valence-electron chi connectivity index (χ1n) is 10.3. The van der Waals surface area contributed by atoms with Crippen LogP contribution in [0.25, 0.3) is 0 Å². The van der Waals surface area contributed by atoms with E-state index in [1.165, 1.54) is 24.9 Å². The minimum atomic E-state index is -0.483. The predicted octanol–water partition coefficient (Wildman–Crippen LogP) is 3.42. The van der Waals surface area contributed by atoms with Crippen molar-refractivity contribution in [3.63, 3.8) is 0 Å². The van der Waals surface area contributed by atoms with Crippen LogP contribution in [0.1, 0.15) is 24.1 Å². The Labute approximate surface area is 190 Å². The molecule has 1 saturated heterocycles. The van der Waals surface area contributed by atoms with Crippen LogP contribution in [0, 0.1) is 23.0 Å². The molecule has 0 bridgehead atoms. The van der Waals surface area contributed by atoms with E-state index in [1.54, 1.807) is 23.1 Å². The summed E-state index contributed by atoms with van der Waals surface area (Å²) in [6.07, 6.45) is 1.49. The summed E-state index contributed by atoms with van der Waals surface area (Å²) in [4.78, 5) is 42.0. The van der Waals surface area contributed by atoms with E-state index in [1.807, 2.05) is 19.1 Å². The first-order valence-corrected chi connectivity index (χ1v) is 11.4. The van der Waals surface area contributed by atoms with E-state index in [0.29, 0.717) is 24.7 Å². The van der Waals surface area contributed by atoms with Crippen molar-refractivity contribution in [1.82, 2.24) is 9.88 Å². The number of aromatic nitrogens is 1. The number of thioether (sulfide) groups is 1. The van der Waals surface area contributed by atoms with Crippen molar-refractivity contribution in [2.24, 2.45) is 5.92 Å². The predicted molar refractivity (Wildman–Crippen MR) is 123 cm³/mol. The van der Waals surface area contributed by atoms with Crippen LogP contribution < -0.4 is 10.1 Å². The van der Waals surface area contributed by atoms with E-state index in [4.69, 9.17) is 4.74 Å². The van der Waals surface area contributed by atoms with Crippen LogP contribution in [0.2, 0.25) is 0 Å². The lowest BCUT2D eigenvalue weighted by atomic mass is 9.97. The molecule has 1 aliphatic heterocycles. The summed E-state index contributed by atoms with van der Waals surface area (Å²) in [6, 6.07) is 10.2. The quantitative estimate of drug-likeness (QED) is 0.476. The summed E-state index contributed by atoms with van der Waals surface area (Å²) >= 11 is 1.39. The molecule has 2 aromatic rings. The zero-order valence-corrected chi connectivity index (χ0v) is 18.9. The summed E-state index contributed by atoms with van der Waals surface area (Å²) < 4.78 is 5.01. The number of carbonyl (C=O) groups excluding carboxylic acids is 2. The Hall–Kier alpha value is -3.14. The van der Waals surface area contributed by atoms with Crippen molar-refractivity contribution >= 4 is 35.1 Å². The third-order valence-electron chi connectivity index (χ3n) is 5.22. The van der Waals surface area contributed by atoms with Crippen molar-refractivity contribution in [2.45, 2.75) is 25.5 Å². The summed E-state index contributed by atoms with van der Waals surface area (Å²) in [5.41, 5.74) is 1.48. The lowest BCUT2D eigenvalue weighted by Gasteiger charge is -2.32. The van der Waals surface area contributed by atoms with Crippen LogP contribution in [0.4, 0.5) is 11.5 Å². The number of nitro benzene ring substituents is 1. The molecule has 10 heteroatoms. The number of rotatable bonds is 8. The normalized spacial score (nSPS) is 15.8.